The molecule has 0 rings (SSSR count). The van der Waals surface area contributed by atoms with Crippen LogP contribution in [0.4, 0.5) is 0 Å². The van der Waals surface area contributed by atoms with E-state index in [1.807, 2.05) is 13.8 Å². The van der Waals surface area contributed by atoms with Gasteiger partial charge in [0.1, 0.15) is 0 Å². The molecule has 0 aromatic rings. The van der Waals surface area contributed by atoms with Crippen LogP contribution >= 0.6 is 0 Å². The van der Waals surface area contributed by atoms with Gasteiger partial charge in [0, 0.05) is 5.41 Å². The van der Waals surface area contributed by atoms with E-state index in [0.29, 0.717) is 6.42 Å². The van der Waals surface area contributed by atoms with E-state index in [-0.39, 0.29) is 0 Å². The molecule has 0 aromatic heterocycles. The first-order chi connectivity index (χ1) is 6.29. The zero-order chi connectivity index (χ0) is 11.4. The largest absolute Gasteiger partial charge is 0.392 e. The first-order valence-electron chi connectivity index (χ1n) is 5.70. The predicted molar refractivity (Wildman–Crippen MR) is 60.2 cm³/mol. The summed E-state index contributed by atoms with van der Waals surface area (Å²) in [5.74, 6) is 0. The second kappa shape index (κ2) is 5.13. The Balaban J connectivity index is 4.67. The molecule has 0 aliphatic heterocycles. The van der Waals surface area contributed by atoms with E-state index in [2.05, 4.69) is 6.92 Å². The van der Waals surface area contributed by atoms with Crippen molar-refractivity contribution in [3.05, 3.63) is 0 Å². The normalized spacial score (nSPS) is 19.1. The monoisotopic (exact) mass is 202 g/mol. The van der Waals surface area contributed by atoms with Crippen LogP contribution in [-0.4, -0.2) is 21.9 Å². The van der Waals surface area contributed by atoms with Crippen molar-refractivity contribution in [3.63, 3.8) is 0 Å². The van der Waals surface area contributed by atoms with Crippen molar-refractivity contribution in [3.8, 4) is 0 Å². The van der Waals surface area contributed by atoms with Crippen LogP contribution < -0.4 is 0 Å². The summed E-state index contributed by atoms with van der Waals surface area (Å²) in [4.78, 5) is 0. The molecule has 2 heteroatoms. The van der Waals surface area contributed by atoms with Gasteiger partial charge in [0.15, 0.2) is 0 Å². The quantitative estimate of drug-likeness (QED) is 0.695. The van der Waals surface area contributed by atoms with E-state index >= 15 is 0 Å². The van der Waals surface area contributed by atoms with Crippen molar-refractivity contribution >= 4 is 0 Å². The van der Waals surface area contributed by atoms with E-state index in [9.17, 15) is 10.2 Å². The van der Waals surface area contributed by atoms with Gasteiger partial charge in [0.2, 0.25) is 0 Å². The van der Waals surface area contributed by atoms with Crippen LogP contribution in [0, 0.1) is 5.41 Å². The Morgan fingerprint density at radius 3 is 1.93 bits per heavy atom. The number of hydrogen-bond acceptors (Lipinski definition) is 2. The highest BCUT2D eigenvalue weighted by Crippen LogP contribution is 2.40. The SMILES string of the molecule is CCCCC(C)(C(O)CC)C(C)(C)O. The molecule has 0 bridgehead atoms. The first kappa shape index (κ1) is 13.9. The Kier molecular flexibility index (Phi) is 5.10. The molecule has 2 N–H and O–H groups in total. The van der Waals surface area contributed by atoms with Gasteiger partial charge in [-0.25, -0.2) is 0 Å². The van der Waals surface area contributed by atoms with Crippen molar-refractivity contribution in [2.24, 2.45) is 5.41 Å². The van der Waals surface area contributed by atoms with Crippen LogP contribution in [0.25, 0.3) is 0 Å². The fraction of sp³-hybridized carbons (Fsp3) is 1.00. The molecule has 0 aliphatic rings. The van der Waals surface area contributed by atoms with Crippen LogP contribution in [-0.2, 0) is 0 Å². The molecule has 0 heterocycles. The second-order valence-electron chi connectivity index (χ2n) is 5.00. The first-order valence-corrected chi connectivity index (χ1v) is 5.70. The molecule has 2 unspecified atom stereocenters. The van der Waals surface area contributed by atoms with Gasteiger partial charge in [-0.3, -0.25) is 0 Å². The van der Waals surface area contributed by atoms with Crippen molar-refractivity contribution < 1.29 is 10.2 Å². The van der Waals surface area contributed by atoms with Crippen LogP contribution in [0.5, 0.6) is 0 Å². The molecule has 0 fully saturated rings. The second-order valence-corrected chi connectivity index (χ2v) is 5.00. The average Bonchev–Trinajstić information content (AvgIpc) is 2.10. The Labute approximate surface area is 88.3 Å². The molecule has 0 amide bonds. The summed E-state index contributed by atoms with van der Waals surface area (Å²) in [5, 5.41) is 20.1. The summed E-state index contributed by atoms with van der Waals surface area (Å²) < 4.78 is 0. The van der Waals surface area contributed by atoms with Crippen LogP contribution in [0.1, 0.15) is 60.3 Å². The van der Waals surface area contributed by atoms with Gasteiger partial charge in [0.05, 0.1) is 11.7 Å². The maximum absolute atomic E-state index is 10.1. The predicted octanol–water partition coefficient (Wildman–Crippen LogP) is 2.72. The molecule has 2 nitrogen and oxygen atoms in total. The van der Waals surface area contributed by atoms with Crippen molar-refractivity contribution in [2.75, 3.05) is 0 Å². The van der Waals surface area contributed by atoms with E-state index in [1.54, 1.807) is 13.8 Å². The fourth-order valence-corrected chi connectivity index (χ4v) is 1.87. The Hall–Kier alpha value is -0.0800. The fourth-order valence-electron chi connectivity index (χ4n) is 1.87. The van der Waals surface area contributed by atoms with E-state index in [4.69, 9.17) is 0 Å². The number of rotatable bonds is 6. The van der Waals surface area contributed by atoms with Gasteiger partial charge in [-0.1, -0.05) is 33.6 Å². The van der Waals surface area contributed by atoms with Crippen molar-refractivity contribution in [1.82, 2.24) is 0 Å². The lowest BCUT2D eigenvalue weighted by Crippen LogP contribution is -2.49. The summed E-state index contributed by atoms with van der Waals surface area (Å²) in [6.07, 6.45) is 3.31. The van der Waals surface area contributed by atoms with Crippen LogP contribution in [0.2, 0.25) is 0 Å². The maximum Gasteiger partial charge on any atom is 0.0669 e. The third-order valence-electron chi connectivity index (χ3n) is 3.57. The molecule has 14 heavy (non-hydrogen) atoms. The van der Waals surface area contributed by atoms with Gasteiger partial charge in [-0.05, 0) is 26.7 Å². The van der Waals surface area contributed by atoms with Crippen LogP contribution in [0.15, 0.2) is 0 Å². The molecule has 0 radical (unpaired) electrons. The maximum atomic E-state index is 10.1. The molecule has 0 aromatic carbocycles. The lowest BCUT2D eigenvalue weighted by molar-refractivity contribution is -0.120. The lowest BCUT2D eigenvalue weighted by atomic mass is 9.67. The average molecular weight is 202 g/mol. The Morgan fingerprint density at radius 1 is 1.14 bits per heavy atom. The molecular weight excluding hydrogens is 176 g/mol. The Bertz CT molecular complexity index is 160. The van der Waals surface area contributed by atoms with Gasteiger partial charge in [-0.15, -0.1) is 0 Å². The number of hydrogen-bond donors (Lipinski definition) is 2. The molecule has 0 aliphatic carbocycles. The highest BCUT2D eigenvalue weighted by Gasteiger charge is 2.43. The zero-order valence-corrected chi connectivity index (χ0v) is 10.3. The summed E-state index contributed by atoms with van der Waals surface area (Å²) in [7, 11) is 0. The van der Waals surface area contributed by atoms with Crippen molar-refractivity contribution in [2.45, 2.75) is 72.0 Å². The van der Waals surface area contributed by atoms with E-state index in [0.717, 1.165) is 19.3 Å². The van der Waals surface area contributed by atoms with Gasteiger partial charge in [0.25, 0.3) is 0 Å². The molecule has 0 spiro atoms. The minimum absolute atomic E-state index is 0.391. The highest BCUT2D eigenvalue weighted by atomic mass is 16.3. The summed E-state index contributed by atoms with van der Waals surface area (Å²) in [5.41, 5.74) is -1.21. The molecule has 86 valence electrons. The lowest BCUT2D eigenvalue weighted by Gasteiger charge is -2.44. The molecule has 2 atom stereocenters. The van der Waals surface area contributed by atoms with Crippen molar-refractivity contribution in [1.29, 1.82) is 0 Å². The van der Waals surface area contributed by atoms with Gasteiger partial charge in [-0.2, -0.15) is 0 Å². The summed E-state index contributed by atoms with van der Waals surface area (Å²) in [6, 6.07) is 0. The number of aliphatic hydroxyl groups is 2. The smallest absolute Gasteiger partial charge is 0.0669 e. The number of unbranched alkanes of at least 4 members (excludes halogenated alkanes) is 1. The molecule has 0 saturated carbocycles. The zero-order valence-electron chi connectivity index (χ0n) is 10.3. The third kappa shape index (κ3) is 2.96. The minimum Gasteiger partial charge on any atom is -0.392 e. The Morgan fingerprint density at radius 2 is 1.64 bits per heavy atom. The molecular formula is C12H26O2. The topological polar surface area (TPSA) is 40.5 Å². The van der Waals surface area contributed by atoms with Gasteiger partial charge < -0.3 is 10.2 Å². The van der Waals surface area contributed by atoms with Crippen LogP contribution in [0.3, 0.4) is 0 Å². The highest BCUT2D eigenvalue weighted by molar-refractivity contribution is 4.94. The summed E-state index contributed by atoms with van der Waals surface area (Å²) >= 11 is 0. The summed E-state index contributed by atoms with van der Waals surface area (Å²) in [6.45, 7) is 9.66. The van der Waals surface area contributed by atoms with E-state index in [1.165, 1.54) is 0 Å². The van der Waals surface area contributed by atoms with Gasteiger partial charge >= 0.3 is 0 Å². The minimum atomic E-state index is -0.822. The number of aliphatic hydroxyl groups excluding tert-OH is 1. The third-order valence-corrected chi connectivity index (χ3v) is 3.57. The van der Waals surface area contributed by atoms with E-state index < -0.39 is 17.1 Å². The standard InChI is InChI=1S/C12H26O2/c1-6-8-9-12(5,10(13)7-2)11(3,4)14/h10,13-14H,6-9H2,1-5H3. The molecule has 0 saturated heterocycles.